The Morgan fingerprint density at radius 3 is 2.06 bits per heavy atom. The zero-order valence-electron chi connectivity index (χ0n) is 22.7. The van der Waals surface area contributed by atoms with Crippen LogP contribution in [-0.2, 0) is 26.3 Å². The van der Waals surface area contributed by atoms with Gasteiger partial charge in [0.15, 0.2) is 0 Å². The first kappa shape index (κ1) is 29.3. The molecule has 8 nitrogen and oxygen atoms in total. The van der Waals surface area contributed by atoms with Crippen molar-refractivity contribution in [1.82, 2.24) is 14.5 Å². The quantitative estimate of drug-likeness (QED) is 0.496. The zero-order valence-corrected chi connectivity index (χ0v) is 23.5. The Morgan fingerprint density at radius 1 is 0.917 bits per heavy atom. The molecule has 0 radical (unpaired) electrons. The van der Waals surface area contributed by atoms with E-state index in [1.807, 2.05) is 71.0 Å². The fourth-order valence-corrected chi connectivity index (χ4v) is 4.73. The van der Waals surface area contributed by atoms with Crippen LogP contribution in [0.25, 0.3) is 0 Å². The van der Waals surface area contributed by atoms with E-state index in [9.17, 15) is 18.0 Å². The minimum absolute atomic E-state index is 0.179. The molecule has 198 valence electrons. The van der Waals surface area contributed by atoms with Crippen LogP contribution in [-0.4, -0.2) is 62.7 Å². The van der Waals surface area contributed by atoms with Crippen molar-refractivity contribution in [3.05, 3.63) is 64.7 Å². The number of anilines is 1. The number of hydrogen-bond donors (Lipinski definition) is 1. The van der Waals surface area contributed by atoms with E-state index in [0.29, 0.717) is 12.2 Å². The van der Waals surface area contributed by atoms with Gasteiger partial charge in [-0.15, -0.1) is 0 Å². The second-order valence-corrected chi connectivity index (χ2v) is 12.0. The van der Waals surface area contributed by atoms with Crippen LogP contribution in [0.2, 0.25) is 0 Å². The third-order valence-corrected chi connectivity index (χ3v) is 7.78. The lowest BCUT2D eigenvalue weighted by molar-refractivity contribution is -0.139. The lowest BCUT2D eigenvalue weighted by Crippen LogP contribution is -2.52. The van der Waals surface area contributed by atoms with E-state index in [-0.39, 0.29) is 18.4 Å². The van der Waals surface area contributed by atoms with Crippen LogP contribution in [0.4, 0.5) is 5.69 Å². The summed E-state index contributed by atoms with van der Waals surface area (Å²) in [5.74, 6) is -0.487. The van der Waals surface area contributed by atoms with Crippen molar-refractivity contribution in [3.63, 3.8) is 0 Å². The Hall–Kier alpha value is -2.91. The highest BCUT2D eigenvalue weighted by Crippen LogP contribution is 2.26. The lowest BCUT2D eigenvalue weighted by Gasteiger charge is -2.33. The van der Waals surface area contributed by atoms with E-state index in [0.717, 1.165) is 30.9 Å². The number of carbonyl (C=O) groups excluding carboxylic acids is 2. The van der Waals surface area contributed by atoms with Gasteiger partial charge in [0, 0.05) is 27.2 Å². The number of rotatable bonds is 11. The van der Waals surface area contributed by atoms with E-state index >= 15 is 0 Å². The Bertz CT molecular complexity index is 1160. The molecule has 2 aromatic carbocycles. The van der Waals surface area contributed by atoms with Crippen molar-refractivity contribution in [2.75, 3.05) is 31.5 Å². The van der Waals surface area contributed by atoms with Gasteiger partial charge in [-0.2, -0.15) is 12.7 Å². The first-order valence-electron chi connectivity index (χ1n) is 12.1. The minimum atomic E-state index is -3.99. The monoisotopic (exact) mass is 516 g/mol. The van der Waals surface area contributed by atoms with Crippen LogP contribution in [0.15, 0.2) is 42.5 Å². The Morgan fingerprint density at radius 2 is 1.50 bits per heavy atom. The molecule has 0 bridgehead atoms. The Labute approximate surface area is 216 Å². The van der Waals surface area contributed by atoms with Gasteiger partial charge in [0.1, 0.15) is 12.6 Å². The average Bonchev–Trinajstić information content (AvgIpc) is 2.81. The molecule has 0 heterocycles. The standard InChI is InChI=1S/C27H40N4O4S/c1-19(2)16-28-27(33)23(6)30(17-24-13-10-20(3)11-14-24)26(32)18-31(36(34,35)29(7)8)25-15-21(4)9-12-22(25)5/h9-15,19,23H,16-18H2,1-8H3,(H,28,33)/t23-/m1/s1. The summed E-state index contributed by atoms with van der Waals surface area (Å²) < 4.78 is 28.9. The van der Waals surface area contributed by atoms with Crippen molar-refractivity contribution in [2.45, 2.75) is 54.1 Å². The average molecular weight is 517 g/mol. The summed E-state index contributed by atoms with van der Waals surface area (Å²) in [6, 6.07) is 12.4. The molecule has 2 amide bonds. The first-order valence-corrected chi connectivity index (χ1v) is 13.5. The molecule has 0 spiro atoms. The number of carbonyl (C=O) groups is 2. The highest BCUT2D eigenvalue weighted by Gasteiger charge is 2.33. The fourth-order valence-electron chi connectivity index (χ4n) is 3.62. The third-order valence-electron chi connectivity index (χ3n) is 5.98. The Kier molecular flexibility index (Phi) is 10.1. The van der Waals surface area contributed by atoms with Crippen molar-refractivity contribution >= 4 is 27.7 Å². The van der Waals surface area contributed by atoms with Gasteiger partial charge >= 0.3 is 10.2 Å². The number of amides is 2. The maximum Gasteiger partial charge on any atom is 0.304 e. The molecule has 0 saturated carbocycles. The van der Waals surface area contributed by atoms with E-state index in [4.69, 9.17) is 0 Å². The van der Waals surface area contributed by atoms with E-state index in [1.54, 1.807) is 13.0 Å². The molecule has 2 rings (SSSR count). The second kappa shape index (κ2) is 12.4. The van der Waals surface area contributed by atoms with Crippen LogP contribution >= 0.6 is 0 Å². The zero-order chi connectivity index (χ0) is 27.2. The van der Waals surface area contributed by atoms with Gasteiger partial charge in [-0.1, -0.05) is 55.8 Å². The molecule has 1 N–H and O–H groups in total. The van der Waals surface area contributed by atoms with Crippen molar-refractivity contribution in [2.24, 2.45) is 5.92 Å². The van der Waals surface area contributed by atoms with E-state index < -0.39 is 28.7 Å². The molecule has 0 aliphatic rings. The van der Waals surface area contributed by atoms with Crippen LogP contribution in [0.3, 0.4) is 0 Å². The number of benzene rings is 2. The predicted molar refractivity (Wildman–Crippen MR) is 145 cm³/mol. The summed E-state index contributed by atoms with van der Waals surface area (Å²) in [5, 5.41) is 2.89. The van der Waals surface area contributed by atoms with Crippen LogP contribution in [0.5, 0.6) is 0 Å². The molecule has 1 atom stereocenters. The largest absolute Gasteiger partial charge is 0.354 e. The smallest absolute Gasteiger partial charge is 0.304 e. The molecule has 9 heteroatoms. The molecule has 0 aromatic heterocycles. The molecule has 0 fully saturated rings. The van der Waals surface area contributed by atoms with Gasteiger partial charge in [0.25, 0.3) is 0 Å². The maximum absolute atomic E-state index is 13.8. The second-order valence-electron chi connectivity index (χ2n) is 9.91. The summed E-state index contributed by atoms with van der Waals surface area (Å²) in [6.07, 6.45) is 0. The van der Waals surface area contributed by atoms with Crippen molar-refractivity contribution < 1.29 is 18.0 Å². The van der Waals surface area contributed by atoms with Crippen molar-refractivity contribution in [3.8, 4) is 0 Å². The van der Waals surface area contributed by atoms with Gasteiger partial charge in [-0.3, -0.25) is 9.59 Å². The number of nitrogens with one attached hydrogen (secondary N) is 1. The molecule has 0 unspecified atom stereocenters. The summed E-state index contributed by atoms with van der Waals surface area (Å²) in [4.78, 5) is 28.2. The van der Waals surface area contributed by atoms with Gasteiger partial charge in [0.2, 0.25) is 11.8 Å². The van der Waals surface area contributed by atoms with Gasteiger partial charge in [-0.05, 0) is 56.4 Å². The predicted octanol–water partition coefficient (Wildman–Crippen LogP) is 3.41. The summed E-state index contributed by atoms with van der Waals surface area (Å²) >= 11 is 0. The fraction of sp³-hybridized carbons (Fsp3) is 0.481. The summed E-state index contributed by atoms with van der Waals surface area (Å²) in [5.41, 5.74) is 3.97. The number of aryl methyl sites for hydroxylation is 3. The van der Waals surface area contributed by atoms with Gasteiger partial charge in [0.05, 0.1) is 5.69 Å². The van der Waals surface area contributed by atoms with Crippen LogP contribution < -0.4 is 9.62 Å². The van der Waals surface area contributed by atoms with E-state index in [1.165, 1.54) is 19.0 Å². The molecular weight excluding hydrogens is 476 g/mol. The molecule has 2 aromatic rings. The SMILES string of the molecule is Cc1ccc(CN(C(=O)CN(c2cc(C)ccc2C)S(=O)(=O)N(C)C)[C@H](C)C(=O)NCC(C)C)cc1. The molecule has 0 aliphatic heterocycles. The topological polar surface area (TPSA) is 90.0 Å². The maximum atomic E-state index is 13.8. The van der Waals surface area contributed by atoms with Crippen LogP contribution in [0.1, 0.15) is 43.0 Å². The molecule has 36 heavy (non-hydrogen) atoms. The Balaban J connectivity index is 2.48. The minimum Gasteiger partial charge on any atom is -0.354 e. The van der Waals surface area contributed by atoms with Gasteiger partial charge in [-0.25, -0.2) is 4.31 Å². The summed E-state index contributed by atoms with van der Waals surface area (Å²) in [6.45, 7) is 11.5. The molecule has 0 aliphatic carbocycles. The third kappa shape index (κ3) is 7.54. The molecular formula is C27H40N4O4S. The highest BCUT2D eigenvalue weighted by molar-refractivity contribution is 7.90. The van der Waals surface area contributed by atoms with Crippen LogP contribution in [0, 0.1) is 26.7 Å². The summed E-state index contributed by atoms with van der Waals surface area (Å²) in [7, 11) is -1.12. The number of hydrogen-bond acceptors (Lipinski definition) is 4. The molecule has 0 saturated heterocycles. The highest BCUT2D eigenvalue weighted by atomic mass is 32.2. The first-order chi connectivity index (χ1) is 16.7. The van der Waals surface area contributed by atoms with Crippen molar-refractivity contribution in [1.29, 1.82) is 0 Å². The normalized spacial score (nSPS) is 12.5. The lowest BCUT2D eigenvalue weighted by atomic mass is 10.1. The van der Waals surface area contributed by atoms with E-state index in [2.05, 4.69) is 5.32 Å². The van der Waals surface area contributed by atoms with Gasteiger partial charge < -0.3 is 10.2 Å². The number of nitrogens with zero attached hydrogens (tertiary/aromatic N) is 3.